The molecular weight excluding hydrogens is 440 g/mol. The van der Waals surface area contributed by atoms with E-state index < -0.39 is 29.9 Å². The minimum absolute atomic E-state index is 0.248. The van der Waals surface area contributed by atoms with Crippen LogP contribution in [-0.4, -0.2) is 31.0 Å². The largest absolute Gasteiger partial charge is 0.465 e. The molecule has 2 aliphatic heterocycles. The number of thiophene rings is 1. The van der Waals surface area contributed by atoms with Crippen LogP contribution in [0.5, 0.6) is 0 Å². The lowest BCUT2D eigenvalue weighted by Gasteiger charge is -2.28. The number of aryl methyl sites for hydroxylation is 1. The number of esters is 1. The van der Waals surface area contributed by atoms with Gasteiger partial charge in [-0.25, -0.2) is 14.8 Å². The number of rotatable bonds is 4. The van der Waals surface area contributed by atoms with Crippen molar-refractivity contribution in [2.75, 3.05) is 17.1 Å². The third-order valence-corrected chi connectivity index (χ3v) is 7.42. The summed E-state index contributed by atoms with van der Waals surface area (Å²) in [5.74, 6) is -2.19. The van der Waals surface area contributed by atoms with Gasteiger partial charge in [0.15, 0.2) is 6.10 Å². The van der Waals surface area contributed by atoms with Gasteiger partial charge in [-0.05, 0) is 37.1 Å². The Morgan fingerprint density at radius 2 is 1.61 bits per heavy atom. The van der Waals surface area contributed by atoms with Gasteiger partial charge in [-0.3, -0.25) is 14.4 Å². The number of para-hydroxylation sites is 1. The van der Waals surface area contributed by atoms with Gasteiger partial charge in [0.25, 0.3) is 5.91 Å². The summed E-state index contributed by atoms with van der Waals surface area (Å²) >= 11 is 1.24. The number of ether oxygens (including phenoxy) is 1. The van der Waals surface area contributed by atoms with Crippen LogP contribution >= 0.6 is 11.3 Å². The molecule has 0 aliphatic carbocycles. The van der Waals surface area contributed by atoms with Crippen LogP contribution in [0.3, 0.4) is 0 Å². The molecule has 1 aromatic heterocycles. The van der Waals surface area contributed by atoms with E-state index in [4.69, 9.17) is 9.57 Å². The van der Waals surface area contributed by atoms with E-state index in [9.17, 15) is 14.4 Å². The molecule has 2 aromatic carbocycles. The number of imide groups is 1. The van der Waals surface area contributed by atoms with Crippen LogP contribution < -0.4 is 9.96 Å². The third-order valence-electron chi connectivity index (χ3n) is 6.23. The monoisotopic (exact) mass is 462 g/mol. The summed E-state index contributed by atoms with van der Waals surface area (Å²) in [6.45, 7) is 3.63. The normalized spacial score (nSPS) is 22.1. The van der Waals surface area contributed by atoms with Crippen LogP contribution in [0.15, 0.2) is 60.7 Å². The zero-order valence-corrected chi connectivity index (χ0v) is 19.2. The summed E-state index contributed by atoms with van der Waals surface area (Å²) in [5.41, 5.74) is 2.57. The molecule has 5 rings (SSSR count). The maximum atomic E-state index is 13.8. The fourth-order valence-corrected chi connectivity index (χ4v) is 5.67. The van der Waals surface area contributed by atoms with E-state index in [2.05, 4.69) is 0 Å². The fraction of sp³-hybridized carbons (Fsp3) is 0.240. The van der Waals surface area contributed by atoms with Gasteiger partial charge in [-0.2, -0.15) is 0 Å². The van der Waals surface area contributed by atoms with E-state index in [0.717, 1.165) is 21.0 Å². The lowest BCUT2D eigenvalue weighted by molar-refractivity contribution is -0.126. The summed E-state index contributed by atoms with van der Waals surface area (Å²) in [5, 5.41) is 1.95. The Bertz CT molecular complexity index is 1240. The van der Waals surface area contributed by atoms with Crippen molar-refractivity contribution < 1.29 is 24.0 Å². The van der Waals surface area contributed by atoms with Crippen LogP contribution in [0.25, 0.3) is 0 Å². The van der Waals surface area contributed by atoms with Crippen LogP contribution in [-0.2, 0) is 19.2 Å². The molecule has 3 unspecified atom stereocenters. The van der Waals surface area contributed by atoms with Crippen molar-refractivity contribution in [3.8, 4) is 0 Å². The molecule has 2 saturated heterocycles. The van der Waals surface area contributed by atoms with Crippen molar-refractivity contribution in [1.82, 2.24) is 0 Å². The standard InChI is InChI=1S/C25H22N2O5S/c1-14-15(2)33-24(18(14)25(30)31-3)26-22(28)19-20(16-10-6-4-7-11-16)27(32-21(19)23(26)29)17-12-8-5-9-13-17/h4-13,19-21H,1-3H3. The maximum Gasteiger partial charge on any atom is 0.341 e. The first kappa shape index (κ1) is 21.4. The van der Waals surface area contributed by atoms with Crippen LogP contribution in [0.4, 0.5) is 10.7 Å². The summed E-state index contributed by atoms with van der Waals surface area (Å²) in [6, 6.07) is 18.5. The second-order valence-corrected chi connectivity index (χ2v) is 9.24. The Morgan fingerprint density at radius 1 is 0.970 bits per heavy atom. The van der Waals surface area contributed by atoms with E-state index in [-0.39, 0.29) is 11.5 Å². The molecule has 2 fully saturated rings. The van der Waals surface area contributed by atoms with Crippen molar-refractivity contribution in [2.45, 2.75) is 26.0 Å². The molecule has 7 nitrogen and oxygen atoms in total. The zero-order chi connectivity index (χ0) is 23.3. The van der Waals surface area contributed by atoms with Crippen molar-refractivity contribution >= 4 is 39.8 Å². The Labute approximate surface area is 195 Å². The molecule has 0 bridgehead atoms. The second kappa shape index (κ2) is 8.13. The zero-order valence-electron chi connectivity index (χ0n) is 18.3. The van der Waals surface area contributed by atoms with Gasteiger partial charge in [-0.1, -0.05) is 48.5 Å². The number of anilines is 2. The predicted molar refractivity (Wildman–Crippen MR) is 124 cm³/mol. The van der Waals surface area contributed by atoms with Crippen molar-refractivity contribution in [1.29, 1.82) is 0 Å². The van der Waals surface area contributed by atoms with Gasteiger partial charge in [-0.15, -0.1) is 11.3 Å². The smallest absolute Gasteiger partial charge is 0.341 e. The summed E-state index contributed by atoms with van der Waals surface area (Å²) in [4.78, 5) is 47.9. The van der Waals surface area contributed by atoms with Gasteiger partial charge in [0.1, 0.15) is 10.9 Å². The number of hydrogen-bond acceptors (Lipinski definition) is 7. The highest BCUT2D eigenvalue weighted by molar-refractivity contribution is 7.17. The molecule has 3 atom stereocenters. The van der Waals surface area contributed by atoms with Crippen molar-refractivity contribution in [3.63, 3.8) is 0 Å². The van der Waals surface area contributed by atoms with Gasteiger partial charge in [0.05, 0.1) is 24.4 Å². The van der Waals surface area contributed by atoms with E-state index in [1.54, 1.807) is 12.0 Å². The Kier molecular flexibility index (Phi) is 5.26. The minimum atomic E-state index is -0.990. The van der Waals surface area contributed by atoms with Crippen LogP contribution in [0.1, 0.15) is 32.4 Å². The lowest BCUT2D eigenvalue weighted by Crippen LogP contribution is -2.37. The molecule has 168 valence electrons. The molecule has 3 aromatic rings. The quantitative estimate of drug-likeness (QED) is 0.427. The van der Waals surface area contributed by atoms with Gasteiger partial charge < -0.3 is 4.74 Å². The number of methoxy groups -OCH3 is 1. The Hall–Kier alpha value is -3.49. The number of nitrogens with zero attached hydrogens (tertiary/aromatic N) is 2. The molecule has 8 heteroatoms. The first-order valence-corrected chi connectivity index (χ1v) is 11.4. The van der Waals surface area contributed by atoms with E-state index in [1.807, 2.05) is 67.6 Å². The number of carbonyl (C=O) groups is 3. The van der Waals surface area contributed by atoms with Gasteiger partial charge in [0, 0.05) is 4.88 Å². The van der Waals surface area contributed by atoms with Crippen molar-refractivity contribution in [3.05, 3.63) is 82.2 Å². The topological polar surface area (TPSA) is 76.2 Å². The van der Waals surface area contributed by atoms with E-state index in [0.29, 0.717) is 10.6 Å². The van der Waals surface area contributed by atoms with Crippen LogP contribution in [0.2, 0.25) is 0 Å². The van der Waals surface area contributed by atoms with E-state index in [1.165, 1.54) is 18.4 Å². The lowest BCUT2D eigenvalue weighted by atomic mass is 9.90. The molecule has 2 aliphatic rings. The minimum Gasteiger partial charge on any atom is -0.465 e. The molecule has 0 saturated carbocycles. The highest BCUT2D eigenvalue weighted by atomic mass is 32.1. The highest BCUT2D eigenvalue weighted by Gasteiger charge is 2.61. The molecule has 0 radical (unpaired) electrons. The number of hydrogen-bond donors (Lipinski definition) is 0. The summed E-state index contributed by atoms with van der Waals surface area (Å²) in [7, 11) is 1.28. The molecule has 3 heterocycles. The maximum absolute atomic E-state index is 13.8. The predicted octanol–water partition coefficient (Wildman–Crippen LogP) is 4.20. The number of carbonyl (C=O) groups excluding carboxylic acids is 3. The molecule has 0 spiro atoms. The molecular formula is C25H22N2O5S. The second-order valence-electron chi connectivity index (χ2n) is 8.04. The van der Waals surface area contributed by atoms with Gasteiger partial charge in [0.2, 0.25) is 5.91 Å². The Morgan fingerprint density at radius 3 is 2.24 bits per heavy atom. The first-order chi connectivity index (χ1) is 15.9. The number of amides is 2. The number of benzene rings is 2. The molecule has 33 heavy (non-hydrogen) atoms. The highest BCUT2D eigenvalue weighted by Crippen LogP contribution is 2.49. The number of fused-ring (bicyclic) bond motifs is 1. The van der Waals surface area contributed by atoms with Crippen LogP contribution in [0, 0.1) is 19.8 Å². The number of hydroxylamine groups is 1. The fourth-order valence-electron chi connectivity index (χ4n) is 4.51. The average Bonchev–Trinajstić information content (AvgIpc) is 3.45. The van der Waals surface area contributed by atoms with E-state index >= 15 is 0 Å². The summed E-state index contributed by atoms with van der Waals surface area (Å²) < 4.78 is 4.94. The third kappa shape index (κ3) is 3.25. The SMILES string of the molecule is COC(=O)c1c(N2C(=O)C3ON(c4ccccc4)C(c4ccccc4)C3C2=O)sc(C)c1C. The Balaban J connectivity index is 1.60. The van der Waals surface area contributed by atoms with Gasteiger partial charge >= 0.3 is 5.97 Å². The molecule has 0 N–H and O–H groups in total. The first-order valence-electron chi connectivity index (χ1n) is 10.6. The van der Waals surface area contributed by atoms with Crippen molar-refractivity contribution in [2.24, 2.45) is 5.92 Å². The summed E-state index contributed by atoms with van der Waals surface area (Å²) in [6.07, 6.45) is -0.990. The molecule has 2 amide bonds. The average molecular weight is 463 g/mol.